The molecule has 9 rings (SSSR count). The van der Waals surface area contributed by atoms with Gasteiger partial charge in [-0.1, -0.05) is 30.3 Å². The SMILES string of the molecule is Cc1cc2c(N3CCC(=O)NC3=O)cccc2n1C1CCN(CC2CCN(C(=O)c3ccc([C@H]4CN(c5cc(-c6ccccc6O)nnc5N)CCO4)cc3)CC2)CC1. The maximum absolute atomic E-state index is 13.6. The number of benzene rings is 3. The predicted molar refractivity (Wildman–Crippen MR) is 226 cm³/mol. The fourth-order valence-corrected chi connectivity index (χ4v) is 9.48. The van der Waals surface area contributed by atoms with E-state index in [0.717, 1.165) is 86.2 Å². The first-order valence-electron chi connectivity index (χ1n) is 20.8. The molecule has 4 aliphatic rings. The third-order valence-corrected chi connectivity index (χ3v) is 12.7. The molecule has 6 heterocycles. The number of nitrogens with one attached hydrogen (secondary N) is 1. The highest BCUT2D eigenvalue weighted by Crippen LogP contribution is 2.37. The van der Waals surface area contributed by atoms with E-state index >= 15 is 0 Å². The van der Waals surface area contributed by atoms with E-state index in [1.165, 1.54) is 5.69 Å². The van der Waals surface area contributed by atoms with Gasteiger partial charge in [0.15, 0.2) is 5.82 Å². The first kappa shape index (κ1) is 38.5. The van der Waals surface area contributed by atoms with E-state index in [9.17, 15) is 19.5 Å². The van der Waals surface area contributed by atoms with Crippen molar-refractivity contribution in [3.63, 3.8) is 0 Å². The lowest BCUT2D eigenvalue weighted by Crippen LogP contribution is -2.49. The largest absolute Gasteiger partial charge is 0.507 e. The molecule has 4 N–H and O–H groups in total. The summed E-state index contributed by atoms with van der Waals surface area (Å²) in [5.41, 5.74) is 13.0. The second-order valence-corrected chi connectivity index (χ2v) is 16.3. The lowest BCUT2D eigenvalue weighted by molar-refractivity contribution is -0.120. The average Bonchev–Trinajstić information content (AvgIpc) is 3.60. The number of morpholine rings is 1. The number of aromatic nitrogens is 3. The van der Waals surface area contributed by atoms with Crippen molar-refractivity contribution in [1.82, 2.24) is 29.9 Å². The van der Waals surface area contributed by atoms with Crippen molar-refractivity contribution < 1.29 is 24.2 Å². The number of hydrogen-bond acceptors (Lipinski definition) is 10. The van der Waals surface area contributed by atoms with Crippen LogP contribution < -0.4 is 20.9 Å². The predicted octanol–water partition coefficient (Wildman–Crippen LogP) is 5.91. The zero-order valence-corrected chi connectivity index (χ0v) is 33.4. The number of piperidine rings is 2. The number of hydrogen-bond donors (Lipinski definition) is 3. The lowest BCUT2D eigenvalue weighted by atomic mass is 9.94. The van der Waals surface area contributed by atoms with Crippen LogP contribution in [0.3, 0.4) is 0 Å². The van der Waals surface area contributed by atoms with Gasteiger partial charge in [-0.25, -0.2) is 4.79 Å². The Balaban J connectivity index is 0.763. The van der Waals surface area contributed by atoms with Crippen LogP contribution in [0.5, 0.6) is 5.75 Å². The van der Waals surface area contributed by atoms with Gasteiger partial charge in [0, 0.05) is 87.0 Å². The molecule has 5 aromatic rings. The minimum Gasteiger partial charge on any atom is -0.507 e. The molecule has 4 saturated heterocycles. The monoisotopic (exact) mass is 797 g/mol. The van der Waals surface area contributed by atoms with Crippen LogP contribution in [0.25, 0.3) is 22.2 Å². The summed E-state index contributed by atoms with van der Waals surface area (Å²) in [7, 11) is 0. The third kappa shape index (κ3) is 7.82. The van der Waals surface area contributed by atoms with Gasteiger partial charge >= 0.3 is 6.03 Å². The molecule has 3 aromatic carbocycles. The van der Waals surface area contributed by atoms with Crippen molar-refractivity contribution in [2.75, 3.05) is 74.5 Å². The van der Waals surface area contributed by atoms with Crippen molar-refractivity contribution in [1.29, 1.82) is 0 Å². The smallest absolute Gasteiger partial charge is 0.328 e. The Morgan fingerprint density at radius 1 is 0.881 bits per heavy atom. The van der Waals surface area contributed by atoms with Crippen molar-refractivity contribution in [2.24, 2.45) is 5.92 Å². The summed E-state index contributed by atoms with van der Waals surface area (Å²) in [6, 6.07) is 25.0. The summed E-state index contributed by atoms with van der Waals surface area (Å²) < 4.78 is 8.62. The molecule has 2 aromatic heterocycles. The molecule has 4 fully saturated rings. The maximum atomic E-state index is 13.6. The van der Waals surface area contributed by atoms with Gasteiger partial charge in [-0.3, -0.25) is 19.8 Å². The number of para-hydroxylation sites is 1. The fourth-order valence-electron chi connectivity index (χ4n) is 9.48. The van der Waals surface area contributed by atoms with E-state index in [0.29, 0.717) is 67.3 Å². The number of carbonyl (C=O) groups excluding carboxylic acids is 3. The number of ether oxygens (including phenoxy) is 1. The minimum atomic E-state index is -0.356. The van der Waals surface area contributed by atoms with Crippen LogP contribution in [0.4, 0.5) is 22.0 Å². The number of nitrogens with zero attached hydrogens (tertiary/aromatic N) is 7. The van der Waals surface area contributed by atoms with Gasteiger partial charge in [-0.2, -0.15) is 0 Å². The summed E-state index contributed by atoms with van der Waals surface area (Å²) in [4.78, 5) is 46.5. The van der Waals surface area contributed by atoms with Gasteiger partial charge < -0.3 is 34.8 Å². The standard InChI is InChI=1S/C45H51N9O5/c1-29-25-35-37(53-22-17-42(56)47-45(53)58)6-4-7-38(35)54(29)33-15-18-50(19-16-33)27-30-13-20-51(21-14-30)44(57)32-11-9-31(10-12-32)41-28-52(23-24-59-41)39-26-36(48-49-43(39)46)34-5-2-3-8-40(34)55/h2-12,25-26,30,33,41,55H,13-24,27-28H2,1H3,(H2,46,49)(H,47,56,58)/t41-/m1/s1. The third-order valence-electron chi connectivity index (χ3n) is 12.7. The molecule has 14 heteroatoms. The second kappa shape index (κ2) is 16.3. The average molecular weight is 798 g/mol. The molecular formula is C45H51N9O5. The first-order chi connectivity index (χ1) is 28.7. The molecule has 0 aliphatic carbocycles. The number of phenols is 1. The highest BCUT2D eigenvalue weighted by atomic mass is 16.5. The lowest BCUT2D eigenvalue weighted by Gasteiger charge is -2.38. The maximum Gasteiger partial charge on any atom is 0.328 e. The first-order valence-corrected chi connectivity index (χ1v) is 20.8. The number of nitrogens with two attached hydrogens (primary N) is 1. The highest BCUT2D eigenvalue weighted by Gasteiger charge is 2.31. The molecule has 0 unspecified atom stereocenters. The number of aromatic hydroxyl groups is 1. The highest BCUT2D eigenvalue weighted by molar-refractivity contribution is 6.09. The number of anilines is 3. The fraction of sp³-hybridized carbons (Fsp3) is 0.400. The molecule has 14 nitrogen and oxygen atoms in total. The number of aryl methyl sites for hydroxylation is 1. The summed E-state index contributed by atoms with van der Waals surface area (Å²) >= 11 is 0. The van der Waals surface area contributed by atoms with Crippen LogP contribution in [-0.2, 0) is 9.53 Å². The number of fused-ring (bicyclic) bond motifs is 1. The quantitative estimate of drug-likeness (QED) is 0.172. The number of likely N-dealkylation sites (tertiary alicyclic amines) is 2. The summed E-state index contributed by atoms with van der Waals surface area (Å²) in [6.07, 6.45) is 4.19. The second-order valence-electron chi connectivity index (χ2n) is 16.3. The Bertz CT molecular complexity index is 2370. The molecule has 1 atom stereocenters. The molecule has 306 valence electrons. The molecule has 4 amide bonds. The van der Waals surface area contributed by atoms with Crippen LogP contribution in [0.1, 0.15) is 65.9 Å². The Hall–Kier alpha value is -5.99. The van der Waals surface area contributed by atoms with Crippen molar-refractivity contribution >= 4 is 45.9 Å². The number of imide groups is 1. The Kier molecular flexibility index (Phi) is 10.7. The zero-order chi connectivity index (χ0) is 40.6. The van der Waals surface area contributed by atoms with E-state index in [4.69, 9.17) is 10.5 Å². The molecule has 0 bridgehead atoms. The Labute approximate surface area is 343 Å². The van der Waals surface area contributed by atoms with Gasteiger partial charge in [0.1, 0.15) is 11.9 Å². The number of carbonyl (C=O) groups is 3. The molecule has 4 aliphatic heterocycles. The number of urea groups is 1. The van der Waals surface area contributed by atoms with Gasteiger partial charge in [-0.15, -0.1) is 10.2 Å². The van der Waals surface area contributed by atoms with Crippen molar-refractivity contribution in [3.05, 3.63) is 95.7 Å². The van der Waals surface area contributed by atoms with E-state index in [-0.39, 0.29) is 29.7 Å². The normalized spacial score (nSPS) is 20.0. The number of rotatable bonds is 8. The molecule has 0 spiro atoms. The van der Waals surface area contributed by atoms with Gasteiger partial charge in [0.2, 0.25) is 5.91 Å². The van der Waals surface area contributed by atoms with E-state index in [1.807, 2.05) is 53.4 Å². The number of phenolic OH excluding ortho intramolecular Hbond substituents is 1. The van der Waals surface area contributed by atoms with Gasteiger partial charge in [0.05, 0.1) is 29.2 Å². The minimum absolute atomic E-state index is 0.0706. The number of amides is 4. The van der Waals surface area contributed by atoms with E-state index < -0.39 is 0 Å². The van der Waals surface area contributed by atoms with Crippen LogP contribution in [0.2, 0.25) is 0 Å². The van der Waals surface area contributed by atoms with Crippen LogP contribution in [0, 0.1) is 12.8 Å². The summed E-state index contributed by atoms with van der Waals surface area (Å²) in [6.45, 7) is 8.85. The summed E-state index contributed by atoms with van der Waals surface area (Å²) in [5.74, 6) is 0.852. The topological polar surface area (TPSA) is 162 Å². The van der Waals surface area contributed by atoms with E-state index in [1.54, 1.807) is 23.1 Å². The van der Waals surface area contributed by atoms with Crippen LogP contribution >= 0.6 is 0 Å². The summed E-state index contributed by atoms with van der Waals surface area (Å²) in [5, 5.41) is 22.3. The molecular weight excluding hydrogens is 747 g/mol. The zero-order valence-electron chi connectivity index (χ0n) is 33.4. The Morgan fingerprint density at radius 2 is 1.66 bits per heavy atom. The molecule has 59 heavy (non-hydrogen) atoms. The van der Waals surface area contributed by atoms with Gasteiger partial charge in [0.25, 0.3) is 5.91 Å². The van der Waals surface area contributed by atoms with Crippen molar-refractivity contribution in [3.8, 4) is 17.0 Å². The molecule has 0 saturated carbocycles. The Morgan fingerprint density at radius 3 is 2.42 bits per heavy atom. The number of nitrogen functional groups attached to an aromatic ring is 1. The van der Waals surface area contributed by atoms with E-state index in [2.05, 4.69) is 48.9 Å². The van der Waals surface area contributed by atoms with Crippen LogP contribution in [-0.4, -0.2) is 106 Å². The van der Waals surface area contributed by atoms with Gasteiger partial charge in [-0.05, 0) is 92.6 Å². The van der Waals surface area contributed by atoms with Crippen LogP contribution in [0.15, 0.2) is 78.9 Å². The van der Waals surface area contributed by atoms with Crippen molar-refractivity contribution in [2.45, 2.75) is 51.2 Å². The molecule has 0 radical (unpaired) electrons.